The number of carbonyl (C=O) groups excluding carboxylic acids is 1. The van der Waals surface area contributed by atoms with E-state index in [1.165, 1.54) is 0 Å². The highest BCUT2D eigenvalue weighted by Crippen LogP contribution is 2.37. The summed E-state index contributed by atoms with van der Waals surface area (Å²) in [6, 6.07) is 0. The molecule has 122 valence electrons. The van der Waals surface area contributed by atoms with Crippen LogP contribution in [0.4, 0.5) is 0 Å². The maximum absolute atomic E-state index is 11.7. The Morgan fingerprint density at radius 1 is 0.952 bits per heavy atom. The molecule has 0 radical (unpaired) electrons. The van der Waals surface area contributed by atoms with E-state index in [-0.39, 0.29) is 36.1 Å². The maximum Gasteiger partial charge on any atom is 0.322 e. The number of carbonyl (C=O) groups is 3. The fourth-order valence-corrected chi connectivity index (χ4v) is 2.16. The van der Waals surface area contributed by atoms with Gasteiger partial charge in [-0.15, -0.1) is 0 Å². The van der Waals surface area contributed by atoms with Gasteiger partial charge in [0, 0.05) is 6.42 Å². The van der Waals surface area contributed by atoms with Crippen LogP contribution in [-0.2, 0) is 14.4 Å². The molecule has 0 saturated heterocycles. The Labute approximate surface area is 125 Å². The largest absolute Gasteiger partial charge is 0.481 e. The molecule has 0 aliphatic rings. The lowest BCUT2D eigenvalue weighted by Gasteiger charge is -2.32. The molecule has 6 heteroatoms. The summed E-state index contributed by atoms with van der Waals surface area (Å²) in [5.74, 6) is -2.17. The van der Waals surface area contributed by atoms with Crippen molar-refractivity contribution in [1.29, 1.82) is 0 Å². The quantitative estimate of drug-likeness (QED) is 0.574. The first-order valence-electron chi connectivity index (χ1n) is 7.20. The van der Waals surface area contributed by atoms with Crippen LogP contribution in [0.15, 0.2) is 0 Å². The molecule has 0 heterocycles. The topological polar surface area (TPSA) is 104 Å². The molecule has 0 saturated carbocycles. The second-order valence-corrected chi connectivity index (χ2v) is 6.75. The van der Waals surface area contributed by atoms with Gasteiger partial charge in [-0.25, -0.2) is 0 Å². The van der Waals surface area contributed by atoms with Crippen molar-refractivity contribution < 1.29 is 24.6 Å². The minimum Gasteiger partial charge on any atom is -0.481 e. The van der Waals surface area contributed by atoms with Crippen LogP contribution >= 0.6 is 0 Å². The summed E-state index contributed by atoms with van der Waals surface area (Å²) in [7, 11) is 0. The van der Waals surface area contributed by atoms with Gasteiger partial charge in [0.15, 0.2) is 0 Å². The molecule has 0 rings (SSSR count). The van der Waals surface area contributed by atoms with Gasteiger partial charge in [-0.05, 0) is 23.7 Å². The Balaban J connectivity index is 4.42. The summed E-state index contributed by atoms with van der Waals surface area (Å²) in [6.45, 7) is 7.41. The normalized spacial score (nSPS) is 14.3. The van der Waals surface area contributed by atoms with E-state index >= 15 is 0 Å². The average Bonchev–Trinajstić information content (AvgIpc) is 2.33. The number of carboxylic acids is 2. The maximum atomic E-state index is 11.7. The SMILES string of the molecule is CCC(C)(CCC(C)(C)CC(=O)NCC(=O)O)CC(=O)O. The molecule has 0 aromatic carbocycles. The summed E-state index contributed by atoms with van der Waals surface area (Å²) in [5.41, 5.74) is -0.571. The van der Waals surface area contributed by atoms with Crippen LogP contribution in [0.1, 0.15) is 59.8 Å². The molecule has 0 spiro atoms. The molecule has 3 N–H and O–H groups in total. The van der Waals surface area contributed by atoms with E-state index in [1.807, 2.05) is 27.7 Å². The van der Waals surface area contributed by atoms with Crippen molar-refractivity contribution >= 4 is 17.8 Å². The van der Waals surface area contributed by atoms with Crippen molar-refractivity contribution in [2.45, 2.75) is 59.8 Å². The van der Waals surface area contributed by atoms with Gasteiger partial charge in [0.25, 0.3) is 0 Å². The summed E-state index contributed by atoms with van der Waals surface area (Å²) in [5, 5.41) is 19.8. The number of aliphatic carboxylic acids is 2. The standard InChI is InChI=1S/C15H27NO5/c1-5-15(4,9-12(18)19)7-6-14(2,3)8-11(17)16-10-13(20)21/h5-10H2,1-4H3,(H,16,17)(H,18,19)(H,20,21). The predicted molar refractivity (Wildman–Crippen MR) is 78.9 cm³/mol. The molecular weight excluding hydrogens is 274 g/mol. The number of nitrogens with one attached hydrogen (secondary N) is 1. The third-order valence-electron chi connectivity index (χ3n) is 3.91. The average molecular weight is 301 g/mol. The van der Waals surface area contributed by atoms with Gasteiger partial charge < -0.3 is 15.5 Å². The van der Waals surface area contributed by atoms with Crippen LogP contribution in [-0.4, -0.2) is 34.6 Å². The predicted octanol–water partition coefficient (Wildman–Crippen LogP) is 2.27. The van der Waals surface area contributed by atoms with Crippen molar-refractivity contribution in [2.24, 2.45) is 10.8 Å². The summed E-state index contributed by atoms with van der Waals surface area (Å²) >= 11 is 0. The summed E-state index contributed by atoms with van der Waals surface area (Å²) < 4.78 is 0. The zero-order valence-corrected chi connectivity index (χ0v) is 13.4. The van der Waals surface area contributed by atoms with Crippen molar-refractivity contribution in [3.8, 4) is 0 Å². The van der Waals surface area contributed by atoms with Gasteiger partial charge in [-0.3, -0.25) is 14.4 Å². The van der Waals surface area contributed by atoms with Gasteiger partial charge in [-0.2, -0.15) is 0 Å². The lowest BCUT2D eigenvalue weighted by Crippen LogP contribution is -2.33. The van der Waals surface area contributed by atoms with Crippen molar-refractivity contribution in [2.75, 3.05) is 6.54 Å². The van der Waals surface area contributed by atoms with Crippen LogP contribution in [0.3, 0.4) is 0 Å². The molecule has 0 aliphatic heterocycles. The van der Waals surface area contributed by atoms with Gasteiger partial charge in [-0.1, -0.05) is 34.1 Å². The first-order valence-corrected chi connectivity index (χ1v) is 7.20. The lowest BCUT2D eigenvalue weighted by atomic mass is 9.73. The number of amides is 1. The Hall–Kier alpha value is -1.59. The van der Waals surface area contributed by atoms with E-state index < -0.39 is 11.9 Å². The fourth-order valence-electron chi connectivity index (χ4n) is 2.16. The smallest absolute Gasteiger partial charge is 0.322 e. The Bertz CT molecular complexity index is 392. The zero-order valence-electron chi connectivity index (χ0n) is 13.4. The molecule has 1 atom stereocenters. The van der Waals surface area contributed by atoms with Crippen molar-refractivity contribution in [3.05, 3.63) is 0 Å². The van der Waals surface area contributed by atoms with Gasteiger partial charge in [0.05, 0.1) is 6.42 Å². The minimum absolute atomic E-state index is 0.116. The Morgan fingerprint density at radius 3 is 1.95 bits per heavy atom. The van der Waals surface area contributed by atoms with E-state index in [0.29, 0.717) is 6.42 Å². The first-order chi connectivity index (χ1) is 9.49. The molecule has 0 fully saturated rings. The van der Waals surface area contributed by atoms with E-state index in [2.05, 4.69) is 5.32 Å². The molecular formula is C15H27NO5. The van der Waals surface area contributed by atoms with Crippen LogP contribution in [0.5, 0.6) is 0 Å². The molecule has 1 amide bonds. The van der Waals surface area contributed by atoms with Crippen LogP contribution in [0.2, 0.25) is 0 Å². The van der Waals surface area contributed by atoms with Crippen molar-refractivity contribution in [1.82, 2.24) is 5.32 Å². The second kappa shape index (κ2) is 8.00. The fraction of sp³-hybridized carbons (Fsp3) is 0.800. The molecule has 1 unspecified atom stereocenters. The molecule has 0 aromatic heterocycles. The second-order valence-electron chi connectivity index (χ2n) is 6.75. The Kier molecular flexibility index (Phi) is 7.39. The lowest BCUT2D eigenvalue weighted by molar-refractivity contribution is -0.140. The molecule has 0 aromatic rings. The van der Waals surface area contributed by atoms with Crippen LogP contribution < -0.4 is 5.32 Å². The van der Waals surface area contributed by atoms with Gasteiger partial charge in [0.2, 0.25) is 5.91 Å². The molecule has 21 heavy (non-hydrogen) atoms. The third kappa shape index (κ3) is 9.05. The van der Waals surface area contributed by atoms with E-state index in [1.54, 1.807) is 0 Å². The van der Waals surface area contributed by atoms with Gasteiger partial charge in [0.1, 0.15) is 6.54 Å². The monoisotopic (exact) mass is 301 g/mol. The summed E-state index contributed by atoms with van der Waals surface area (Å²) in [4.78, 5) is 33.0. The molecule has 0 aliphatic carbocycles. The highest BCUT2D eigenvalue weighted by atomic mass is 16.4. The molecule has 0 bridgehead atoms. The minimum atomic E-state index is -1.07. The first kappa shape index (κ1) is 19.4. The van der Waals surface area contributed by atoms with Crippen molar-refractivity contribution in [3.63, 3.8) is 0 Å². The molecule has 6 nitrogen and oxygen atoms in total. The van der Waals surface area contributed by atoms with E-state index in [4.69, 9.17) is 10.2 Å². The van der Waals surface area contributed by atoms with Gasteiger partial charge >= 0.3 is 11.9 Å². The number of hydrogen-bond donors (Lipinski definition) is 3. The Morgan fingerprint density at radius 2 is 1.52 bits per heavy atom. The van der Waals surface area contributed by atoms with E-state index in [9.17, 15) is 14.4 Å². The third-order valence-corrected chi connectivity index (χ3v) is 3.91. The zero-order chi connectivity index (χ0) is 16.7. The number of hydrogen-bond acceptors (Lipinski definition) is 3. The highest BCUT2D eigenvalue weighted by Gasteiger charge is 2.30. The number of carboxylic acid groups (broad SMARTS) is 2. The van der Waals surface area contributed by atoms with Crippen LogP contribution in [0, 0.1) is 10.8 Å². The summed E-state index contributed by atoms with van der Waals surface area (Å²) in [6.07, 6.45) is 2.54. The highest BCUT2D eigenvalue weighted by molar-refractivity contribution is 5.81. The van der Waals surface area contributed by atoms with E-state index in [0.717, 1.165) is 12.8 Å². The van der Waals surface area contributed by atoms with Crippen LogP contribution in [0.25, 0.3) is 0 Å². The number of rotatable bonds is 10.